The molecule has 282 valence electrons. The fraction of sp³-hybridized carbons (Fsp3) is 0.895. The van der Waals surface area contributed by atoms with E-state index in [2.05, 4.69) is 18.7 Å². The van der Waals surface area contributed by atoms with Crippen LogP contribution in [0.2, 0.25) is 0 Å². The number of carbonyl (C=O) groups excluding carboxylic acids is 2. The fourth-order valence-electron chi connectivity index (χ4n) is 5.72. The molecule has 48 heavy (non-hydrogen) atoms. The van der Waals surface area contributed by atoms with E-state index in [1.165, 1.54) is 64.2 Å². The molecule has 0 spiro atoms. The lowest BCUT2D eigenvalue weighted by Crippen LogP contribution is -2.41. The first-order valence-electron chi connectivity index (χ1n) is 19.3. The van der Waals surface area contributed by atoms with Crippen LogP contribution < -0.4 is 0 Å². The molecular formula is C38H71NO9. The van der Waals surface area contributed by atoms with E-state index < -0.39 is 29.9 Å². The van der Waals surface area contributed by atoms with Gasteiger partial charge < -0.3 is 29.7 Å². The summed E-state index contributed by atoms with van der Waals surface area (Å²) in [7, 11) is 0. The zero-order valence-corrected chi connectivity index (χ0v) is 30.8. The molecule has 0 rings (SSSR count). The molecule has 0 radical (unpaired) electrons. The Bertz CT molecular complexity index is 805. The Morgan fingerprint density at radius 1 is 0.583 bits per heavy atom. The van der Waals surface area contributed by atoms with Gasteiger partial charge in [-0.15, -0.1) is 0 Å². The van der Waals surface area contributed by atoms with Gasteiger partial charge in [0.15, 0.2) is 5.41 Å². The molecule has 0 aromatic rings. The molecule has 0 heterocycles. The molecule has 0 aromatic carbocycles. The summed E-state index contributed by atoms with van der Waals surface area (Å²) < 4.78 is 10.9. The van der Waals surface area contributed by atoms with Gasteiger partial charge in [0.25, 0.3) is 0 Å². The van der Waals surface area contributed by atoms with Crippen molar-refractivity contribution in [2.45, 2.75) is 181 Å². The molecule has 0 aromatic heterocycles. The molecule has 0 saturated heterocycles. The van der Waals surface area contributed by atoms with Gasteiger partial charge in [-0.05, 0) is 71.4 Å². The third kappa shape index (κ3) is 24.9. The van der Waals surface area contributed by atoms with E-state index in [1.807, 2.05) is 0 Å². The Morgan fingerprint density at radius 3 is 1.48 bits per heavy atom. The highest BCUT2D eigenvalue weighted by Gasteiger charge is 2.43. The van der Waals surface area contributed by atoms with Crippen LogP contribution in [0.5, 0.6) is 0 Å². The minimum atomic E-state index is -2.16. The van der Waals surface area contributed by atoms with Gasteiger partial charge in [-0.2, -0.15) is 0 Å². The summed E-state index contributed by atoms with van der Waals surface area (Å²) in [4.78, 5) is 49.2. The van der Waals surface area contributed by atoms with Crippen LogP contribution in [-0.2, 0) is 28.7 Å². The zero-order valence-electron chi connectivity index (χ0n) is 30.8. The van der Waals surface area contributed by atoms with Crippen molar-refractivity contribution in [3.05, 3.63) is 0 Å². The molecule has 10 heteroatoms. The standard InChI is InChI=1S/C38H71NO9/c1-4-6-8-10-13-18-24-33(25-19-14-11-9-7-5-2)48-35(42)27-20-15-12-16-22-28-39(30-31-40)29-23-17-21-26-34(41)47-32-38(3,36(43)44)37(45)46/h33,40H,4-32H2,1-3H3,(H,43,44)(H,45,46). The van der Waals surface area contributed by atoms with E-state index in [9.17, 15) is 24.3 Å². The van der Waals surface area contributed by atoms with E-state index in [0.29, 0.717) is 19.4 Å². The first-order chi connectivity index (χ1) is 23.1. The number of hydrogen-bond acceptors (Lipinski definition) is 8. The van der Waals surface area contributed by atoms with Crippen LogP contribution in [0, 0.1) is 5.41 Å². The summed E-state index contributed by atoms with van der Waals surface area (Å²) in [5.41, 5.74) is -2.16. The van der Waals surface area contributed by atoms with Crippen molar-refractivity contribution in [3.8, 4) is 0 Å². The number of aliphatic hydroxyl groups excluding tert-OH is 1. The van der Waals surface area contributed by atoms with Crippen LogP contribution in [0.4, 0.5) is 0 Å². The molecule has 0 aliphatic carbocycles. The van der Waals surface area contributed by atoms with Gasteiger partial charge in [-0.25, -0.2) is 0 Å². The van der Waals surface area contributed by atoms with E-state index in [4.69, 9.17) is 19.7 Å². The highest BCUT2D eigenvalue weighted by atomic mass is 16.5. The number of carboxylic acids is 2. The topological polar surface area (TPSA) is 151 Å². The summed E-state index contributed by atoms with van der Waals surface area (Å²) in [5, 5.41) is 27.6. The Labute approximate surface area is 291 Å². The Morgan fingerprint density at radius 2 is 1.00 bits per heavy atom. The van der Waals surface area contributed by atoms with Crippen LogP contribution >= 0.6 is 0 Å². The number of nitrogens with zero attached hydrogens (tertiary/aromatic N) is 1. The number of rotatable bonds is 35. The summed E-state index contributed by atoms with van der Waals surface area (Å²) in [6.45, 7) is 7.14. The van der Waals surface area contributed by atoms with Crippen molar-refractivity contribution in [2.24, 2.45) is 5.41 Å². The van der Waals surface area contributed by atoms with Crippen LogP contribution in [-0.4, -0.2) is 83.0 Å². The lowest BCUT2D eigenvalue weighted by molar-refractivity contribution is -0.170. The third-order valence-electron chi connectivity index (χ3n) is 9.15. The van der Waals surface area contributed by atoms with Crippen molar-refractivity contribution < 1.29 is 44.0 Å². The molecular weight excluding hydrogens is 614 g/mol. The minimum absolute atomic E-state index is 0.0432. The fourth-order valence-corrected chi connectivity index (χ4v) is 5.72. The predicted octanol–water partition coefficient (Wildman–Crippen LogP) is 8.31. The molecule has 0 aliphatic rings. The van der Waals surface area contributed by atoms with Gasteiger partial charge in [0.05, 0.1) is 6.61 Å². The lowest BCUT2D eigenvalue weighted by atomic mass is 9.92. The second kappa shape index (κ2) is 30.8. The normalized spacial score (nSPS) is 11.7. The molecule has 3 N–H and O–H groups in total. The Kier molecular flexibility index (Phi) is 29.4. The maximum absolute atomic E-state index is 12.6. The lowest BCUT2D eigenvalue weighted by Gasteiger charge is -2.21. The molecule has 0 unspecified atom stereocenters. The molecule has 0 saturated carbocycles. The van der Waals surface area contributed by atoms with E-state index in [0.717, 1.165) is 90.6 Å². The Balaban J connectivity index is 4.18. The molecule has 0 aliphatic heterocycles. The first-order valence-corrected chi connectivity index (χ1v) is 19.3. The van der Waals surface area contributed by atoms with Gasteiger partial charge >= 0.3 is 23.9 Å². The average molecular weight is 686 g/mol. The van der Waals surface area contributed by atoms with E-state index in [1.54, 1.807) is 0 Å². The smallest absolute Gasteiger partial charge is 0.324 e. The monoisotopic (exact) mass is 686 g/mol. The highest BCUT2D eigenvalue weighted by Crippen LogP contribution is 2.20. The van der Waals surface area contributed by atoms with Gasteiger partial charge in [0.2, 0.25) is 0 Å². The number of ether oxygens (including phenoxy) is 2. The van der Waals surface area contributed by atoms with Crippen LogP contribution in [0.1, 0.15) is 175 Å². The Hall–Kier alpha value is -2.20. The molecule has 10 nitrogen and oxygen atoms in total. The molecule has 0 amide bonds. The predicted molar refractivity (Wildman–Crippen MR) is 190 cm³/mol. The number of carbonyl (C=O) groups is 4. The molecule has 0 bridgehead atoms. The number of aliphatic carboxylic acids is 2. The minimum Gasteiger partial charge on any atom is -0.480 e. The number of unbranched alkanes of at least 4 members (excludes halogenated alkanes) is 16. The SMILES string of the molecule is CCCCCCCCC(CCCCCCCC)OC(=O)CCCCCCCN(CCO)CCCCCC(=O)OCC(C)(C(=O)O)C(=O)O. The van der Waals surface area contributed by atoms with Crippen molar-refractivity contribution in [2.75, 3.05) is 32.8 Å². The van der Waals surface area contributed by atoms with Gasteiger partial charge in [0.1, 0.15) is 12.7 Å². The van der Waals surface area contributed by atoms with Crippen molar-refractivity contribution in [1.82, 2.24) is 4.90 Å². The summed E-state index contributed by atoms with van der Waals surface area (Å²) in [6, 6.07) is 0. The summed E-state index contributed by atoms with van der Waals surface area (Å²) >= 11 is 0. The molecule has 0 atom stereocenters. The van der Waals surface area contributed by atoms with Gasteiger partial charge in [-0.1, -0.05) is 104 Å². The highest BCUT2D eigenvalue weighted by molar-refractivity contribution is 5.98. The van der Waals surface area contributed by atoms with E-state index >= 15 is 0 Å². The van der Waals surface area contributed by atoms with Gasteiger partial charge in [-0.3, -0.25) is 19.2 Å². The van der Waals surface area contributed by atoms with Crippen molar-refractivity contribution in [1.29, 1.82) is 0 Å². The number of aliphatic hydroxyl groups is 1. The molecule has 0 fully saturated rings. The number of hydrogen-bond donors (Lipinski definition) is 3. The second-order valence-electron chi connectivity index (χ2n) is 13.7. The third-order valence-corrected chi connectivity index (χ3v) is 9.15. The number of esters is 2. The van der Waals surface area contributed by atoms with Gasteiger partial charge in [0, 0.05) is 19.4 Å². The number of carboxylic acid groups (broad SMARTS) is 2. The zero-order chi connectivity index (χ0) is 35.9. The second-order valence-corrected chi connectivity index (χ2v) is 13.7. The maximum Gasteiger partial charge on any atom is 0.324 e. The van der Waals surface area contributed by atoms with Crippen LogP contribution in [0.15, 0.2) is 0 Å². The van der Waals surface area contributed by atoms with E-state index in [-0.39, 0.29) is 25.1 Å². The van der Waals surface area contributed by atoms with Crippen molar-refractivity contribution >= 4 is 23.9 Å². The van der Waals surface area contributed by atoms with Crippen molar-refractivity contribution in [3.63, 3.8) is 0 Å². The first kappa shape index (κ1) is 45.8. The maximum atomic E-state index is 12.6. The quantitative estimate of drug-likeness (QED) is 0.0338. The average Bonchev–Trinajstić information content (AvgIpc) is 3.05. The largest absolute Gasteiger partial charge is 0.480 e. The van der Waals surface area contributed by atoms with Crippen LogP contribution in [0.3, 0.4) is 0 Å². The summed E-state index contributed by atoms with van der Waals surface area (Å²) in [5.74, 6) is -3.75. The van der Waals surface area contributed by atoms with Crippen LogP contribution in [0.25, 0.3) is 0 Å². The summed E-state index contributed by atoms with van der Waals surface area (Å²) in [6.07, 6.45) is 24.8.